The molecule has 0 aliphatic rings. The van der Waals surface area contributed by atoms with Crippen LogP contribution in [0.25, 0.3) is 0 Å². The number of aryl methyl sites for hydroxylation is 1. The lowest BCUT2D eigenvalue weighted by molar-refractivity contribution is 0.102. The quantitative estimate of drug-likeness (QED) is 0.473. The molecule has 1 heterocycles. The van der Waals surface area contributed by atoms with Crippen molar-refractivity contribution < 1.29 is 13.9 Å². The molecule has 5 nitrogen and oxygen atoms in total. The van der Waals surface area contributed by atoms with Gasteiger partial charge in [-0.15, -0.1) is 10.2 Å². The van der Waals surface area contributed by atoms with E-state index in [1.54, 1.807) is 7.11 Å². The molecular formula is C19H18N2O3S. The smallest absolute Gasteiger partial charge is 0.277 e. The van der Waals surface area contributed by atoms with Crippen molar-refractivity contribution in [1.29, 1.82) is 0 Å². The minimum absolute atomic E-state index is 0.0416. The van der Waals surface area contributed by atoms with Crippen LogP contribution in [0.15, 0.2) is 58.2 Å². The molecule has 0 aliphatic heterocycles. The van der Waals surface area contributed by atoms with E-state index in [1.807, 2.05) is 55.5 Å². The maximum atomic E-state index is 12.2. The summed E-state index contributed by atoms with van der Waals surface area (Å²) < 4.78 is 10.7. The first-order valence-corrected chi connectivity index (χ1v) is 8.80. The number of ketones is 1. The third-order valence-electron chi connectivity index (χ3n) is 3.66. The maximum absolute atomic E-state index is 12.2. The predicted octanol–water partition coefficient (Wildman–Crippen LogP) is 3.95. The highest BCUT2D eigenvalue weighted by atomic mass is 32.2. The fraction of sp³-hybridized carbons (Fsp3) is 0.211. The largest absolute Gasteiger partial charge is 0.497 e. The Hall–Kier alpha value is -2.60. The lowest BCUT2D eigenvalue weighted by Crippen LogP contribution is -2.02. The number of nitrogens with zero attached hydrogens (tertiary/aromatic N) is 2. The van der Waals surface area contributed by atoms with E-state index < -0.39 is 0 Å². The zero-order valence-electron chi connectivity index (χ0n) is 14.1. The molecule has 0 amide bonds. The van der Waals surface area contributed by atoms with E-state index in [0.717, 1.165) is 16.9 Å². The van der Waals surface area contributed by atoms with E-state index in [9.17, 15) is 4.79 Å². The van der Waals surface area contributed by atoms with Crippen molar-refractivity contribution in [2.75, 3.05) is 12.9 Å². The SMILES string of the molecule is COc1ccc(Cc2nnc(SCC(=O)c3ccc(C)cc3)o2)cc1. The highest BCUT2D eigenvalue weighted by Crippen LogP contribution is 2.20. The number of thioether (sulfide) groups is 1. The number of Topliss-reactive ketones (excluding diaryl/α,β-unsaturated/α-hetero) is 1. The molecule has 0 unspecified atom stereocenters. The molecule has 25 heavy (non-hydrogen) atoms. The molecule has 2 aromatic carbocycles. The summed E-state index contributed by atoms with van der Waals surface area (Å²) in [6.07, 6.45) is 0.545. The molecule has 1 aromatic heterocycles. The summed E-state index contributed by atoms with van der Waals surface area (Å²) in [6.45, 7) is 1.99. The van der Waals surface area contributed by atoms with Crippen LogP contribution in [0.4, 0.5) is 0 Å². The Morgan fingerprint density at radius 2 is 1.80 bits per heavy atom. The first-order chi connectivity index (χ1) is 12.1. The van der Waals surface area contributed by atoms with E-state index in [0.29, 0.717) is 23.1 Å². The Labute approximate surface area is 150 Å². The van der Waals surface area contributed by atoms with Crippen molar-refractivity contribution in [3.05, 3.63) is 71.1 Å². The van der Waals surface area contributed by atoms with Crippen LogP contribution in [-0.2, 0) is 6.42 Å². The standard InChI is InChI=1S/C19H18N2O3S/c1-13-3-7-15(8-4-13)17(22)12-25-19-21-20-18(24-19)11-14-5-9-16(23-2)10-6-14/h3-10H,11-12H2,1-2H3. The molecule has 3 aromatic rings. The van der Waals surface area contributed by atoms with E-state index in [-0.39, 0.29) is 11.5 Å². The minimum Gasteiger partial charge on any atom is -0.497 e. The first-order valence-electron chi connectivity index (χ1n) is 7.82. The number of hydrogen-bond acceptors (Lipinski definition) is 6. The number of carbonyl (C=O) groups excluding carboxylic acids is 1. The average molecular weight is 354 g/mol. The van der Waals surface area contributed by atoms with Crippen LogP contribution in [0.1, 0.15) is 27.4 Å². The van der Waals surface area contributed by atoms with Crippen LogP contribution >= 0.6 is 11.8 Å². The Morgan fingerprint density at radius 3 is 2.48 bits per heavy atom. The summed E-state index contributed by atoms with van der Waals surface area (Å²) >= 11 is 1.26. The van der Waals surface area contributed by atoms with Crippen molar-refractivity contribution in [3.63, 3.8) is 0 Å². The number of methoxy groups -OCH3 is 1. The van der Waals surface area contributed by atoms with E-state index >= 15 is 0 Å². The summed E-state index contributed by atoms with van der Waals surface area (Å²) in [5.74, 6) is 1.64. The van der Waals surface area contributed by atoms with Gasteiger partial charge in [-0.05, 0) is 24.6 Å². The van der Waals surface area contributed by atoms with Crippen molar-refractivity contribution in [2.24, 2.45) is 0 Å². The van der Waals surface area contributed by atoms with Gasteiger partial charge in [-0.25, -0.2) is 0 Å². The Kier molecular flexibility index (Phi) is 5.50. The zero-order chi connectivity index (χ0) is 17.6. The molecular weight excluding hydrogens is 336 g/mol. The van der Waals surface area contributed by atoms with Gasteiger partial charge < -0.3 is 9.15 Å². The van der Waals surface area contributed by atoms with Crippen LogP contribution < -0.4 is 4.74 Å². The second-order valence-corrected chi connectivity index (χ2v) is 6.49. The summed E-state index contributed by atoms with van der Waals surface area (Å²) in [6, 6.07) is 15.2. The number of hydrogen-bond donors (Lipinski definition) is 0. The lowest BCUT2D eigenvalue weighted by Gasteiger charge is -2.01. The summed E-state index contributed by atoms with van der Waals surface area (Å²) in [4.78, 5) is 12.2. The third-order valence-corrected chi connectivity index (χ3v) is 4.48. The average Bonchev–Trinajstić information content (AvgIpc) is 3.08. The van der Waals surface area contributed by atoms with Crippen molar-refractivity contribution in [2.45, 2.75) is 18.6 Å². The first kappa shape index (κ1) is 17.2. The molecule has 0 radical (unpaired) electrons. The molecule has 0 bridgehead atoms. The second-order valence-electron chi connectivity index (χ2n) is 5.56. The fourth-order valence-electron chi connectivity index (χ4n) is 2.24. The van der Waals surface area contributed by atoms with Gasteiger partial charge >= 0.3 is 0 Å². The van der Waals surface area contributed by atoms with Gasteiger partial charge in [-0.3, -0.25) is 4.79 Å². The molecule has 0 saturated carbocycles. The number of benzene rings is 2. The Balaban J connectivity index is 1.56. The van der Waals surface area contributed by atoms with Crippen LogP contribution in [0.3, 0.4) is 0 Å². The molecule has 3 rings (SSSR count). The van der Waals surface area contributed by atoms with Crippen molar-refractivity contribution in [3.8, 4) is 5.75 Å². The number of aromatic nitrogens is 2. The van der Waals surface area contributed by atoms with Crippen LogP contribution in [-0.4, -0.2) is 28.8 Å². The van der Waals surface area contributed by atoms with Crippen LogP contribution in [0.2, 0.25) is 0 Å². The number of carbonyl (C=O) groups is 1. The molecule has 0 atom stereocenters. The van der Waals surface area contributed by atoms with Gasteiger partial charge in [0.2, 0.25) is 5.89 Å². The minimum atomic E-state index is 0.0416. The second kappa shape index (κ2) is 7.98. The topological polar surface area (TPSA) is 65.2 Å². The molecule has 6 heteroatoms. The maximum Gasteiger partial charge on any atom is 0.277 e. The van der Waals surface area contributed by atoms with Crippen molar-refractivity contribution >= 4 is 17.5 Å². The normalized spacial score (nSPS) is 10.6. The highest BCUT2D eigenvalue weighted by molar-refractivity contribution is 7.99. The Morgan fingerprint density at radius 1 is 1.08 bits per heavy atom. The van der Waals surface area contributed by atoms with Gasteiger partial charge in [0.15, 0.2) is 5.78 Å². The third kappa shape index (κ3) is 4.70. The highest BCUT2D eigenvalue weighted by Gasteiger charge is 2.11. The monoisotopic (exact) mass is 354 g/mol. The molecule has 0 spiro atoms. The van der Waals surface area contributed by atoms with E-state index in [1.165, 1.54) is 11.8 Å². The molecule has 0 N–H and O–H groups in total. The van der Waals surface area contributed by atoms with Crippen molar-refractivity contribution in [1.82, 2.24) is 10.2 Å². The number of ether oxygens (including phenoxy) is 1. The van der Waals surface area contributed by atoms with Crippen LogP contribution in [0, 0.1) is 6.92 Å². The van der Waals surface area contributed by atoms with Gasteiger partial charge in [0.25, 0.3) is 5.22 Å². The zero-order valence-corrected chi connectivity index (χ0v) is 14.9. The lowest BCUT2D eigenvalue weighted by atomic mass is 10.1. The van der Waals surface area contributed by atoms with Gasteiger partial charge in [0.05, 0.1) is 19.3 Å². The van der Waals surface area contributed by atoms with E-state index in [4.69, 9.17) is 9.15 Å². The van der Waals surface area contributed by atoms with Gasteiger partial charge in [0, 0.05) is 5.56 Å². The van der Waals surface area contributed by atoms with Gasteiger partial charge in [-0.2, -0.15) is 0 Å². The molecule has 0 fully saturated rings. The Bertz CT molecular complexity index is 842. The summed E-state index contributed by atoms with van der Waals surface area (Å²) in [5, 5.41) is 8.44. The number of rotatable bonds is 7. The summed E-state index contributed by atoms with van der Waals surface area (Å²) in [5.41, 5.74) is 2.87. The van der Waals surface area contributed by atoms with Gasteiger partial charge in [-0.1, -0.05) is 53.7 Å². The molecule has 0 saturated heterocycles. The fourth-order valence-corrected chi connectivity index (χ4v) is 2.91. The summed E-state index contributed by atoms with van der Waals surface area (Å²) in [7, 11) is 1.63. The predicted molar refractivity (Wildman–Crippen MR) is 96.3 cm³/mol. The van der Waals surface area contributed by atoms with E-state index in [2.05, 4.69) is 10.2 Å². The molecule has 128 valence electrons. The van der Waals surface area contributed by atoms with Crippen LogP contribution in [0.5, 0.6) is 5.75 Å². The van der Waals surface area contributed by atoms with Gasteiger partial charge in [0.1, 0.15) is 5.75 Å². The molecule has 0 aliphatic carbocycles.